The monoisotopic (exact) mass is 535 g/mol. The van der Waals surface area contributed by atoms with E-state index in [0.717, 1.165) is 49.2 Å². The summed E-state index contributed by atoms with van der Waals surface area (Å²) in [7, 11) is -3.20. The molecule has 1 aliphatic heterocycles. The number of benzene rings is 2. The van der Waals surface area contributed by atoms with E-state index in [0.29, 0.717) is 23.5 Å². The van der Waals surface area contributed by atoms with Gasteiger partial charge in [0.05, 0.1) is 34.3 Å². The van der Waals surface area contributed by atoms with Crippen LogP contribution in [0.4, 0.5) is 0 Å². The number of hydrogen-bond acceptors (Lipinski definition) is 7. The Morgan fingerprint density at radius 2 is 1.41 bits per heavy atom. The second-order valence-corrected chi connectivity index (χ2v) is 11.3. The van der Waals surface area contributed by atoms with Crippen LogP contribution in [-0.4, -0.2) is 37.7 Å². The van der Waals surface area contributed by atoms with Crippen LogP contribution < -0.4 is 23.5 Å². The van der Waals surface area contributed by atoms with Gasteiger partial charge in [0.15, 0.2) is 0 Å². The van der Waals surface area contributed by atoms with E-state index >= 15 is 0 Å². The third-order valence-electron chi connectivity index (χ3n) is 7.37. The molecule has 0 amide bonds. The molecule has 206 valence electrons. The Labute approximate surface area is 224 Å². The predicted molar refractivity (Wildman–Crippen MR) is 136 cm³/mol. The Morgan fingerprint density at radius 1 is 0.865 bits per heavy atom. The summed E-state index contributed by atoms with van der Waals surface area (Å²) < 4.78 is 54.5. The highest BCUT2D eigenvalue weighted by atomic mass is 35.7. The molecule has 0 saturated carbocycles. The van der Waals surface area contributed by atoms with Crippen LogP contribution in [0.25, 0.3) is 0 Å². The van der Waals surface area contributed by atoms with Gasteiger partial charge in [-0.25, -0.2) is 0 Å². The molecule has 37 heavy (non-hydrogen) atoms. The number of rotatable bonds is 11. The number of ether oxygens (including phenoxy) is 2. The lowest BCUT2D eigenvalue weighted by molar-refractivity contribution is -1.92. The van der Waals surface area contributed by atoms with Crippen molar-refractivity contribution in [1.29, 1.82) is 0 Å². The minimum atomic E-state index is -4.77. The maximum atomic E-state index is 12.4. The molecule has 1 fully saturated rings. The van der Waals surface area contributed by atoms with Gasteiger partial charge in [-0.3, -0.25) is 4.90 Å². The van der Waals surface area contributed by atoms with Crippen molar-refractivity contribution >= 4 is 0 Å². The molecule has 0 aliphatic carbocycles. The van der Waals surface area contributed by atoms with Crippen molar-refractivity contribution in [3.63, 3.8) is 0 Å². The smallest absolute Gasteiger partial charge is 0.288 e. The first-order chi connectivity index (χ1) is 17.4. The summed E-state index contributed by atoms with van der Waals surface area (Å²) in [4.78, 5) is 2.23. The molecule has 8 heteroatoms. The zero-order chi connectivity index (χ0) is 27.4. The van der Waals surface area contributed by atoms with Crippen molar-refractivity contribution in [3.05, 3.63) is 58.7 Å². The molecule has 7 nitrogen and oxygen atoms in total. The summed E-state index contributed by atoms with van der Waals surface area (Å²) in [6, 6.07) is 10.6. The minimum absolute atomic E-state index is 0.0965. The van der Waals surface area contributed by atoms with Crippen molar-refractivity contribution in [2.75, 3.05) is 26.8 Å². The molecule has 0 aromatic heterocycles. The Balaban J connectivity index is 2.40. The van der Waals surface area contributed by atoms with Gasteiger partial charge in [0.25, 0.3) is 5.60 Å². The fourth-order valence-electron chi connectivity index (χ4n) is 5.41. The average molecular weight is 536 g/mol. The number of hydrogen-bond donors (Lipinski definition) is 0. The lowest BCUT2D eigenvalue weighted by Crippen LogP contribution is -2.67. The fourth-order valence-corrected chi connectivity index (χ4v) is 6.02. The highest BCUT2D eigenvalue weighted by molar-refractivity contribution is 5.52. The molecule has 1 aliphatic rings. The maximum absolute atomic E-state index is 12.4. The largest absolute Gasteiger partial charge is 0.497 e. The zero-order valence-electron chi connectivity index (χ0n) is 23.2. The van der Waals surface area contributed by atoms with Gasteiger partial charge in [0.1, 0.15) is 11.5 Å². The summed E-state index contributed by atoms with van der Waals surface area (Å²) in [6.07, 6.45) is 3.13. The van der Waals surface area contributed by atoms with E-state index in [-0.39, 0.29) is 11.8 Å². The van der Waals surface area contributed by atoms with Crippen LogP contribution in [0.2, 0.25) is 0 Å². The number of likely N-dealkylation sites (tertiary alicyclic amines) is 1. The number of methoxy groups -OCH3 is 1. The molecule has 1 saturated heterocycles. The molecule has 2 aromatic rings. The summed E-state index contributed by atoms with van der Waals surface area (Å²) in [5.74, 6) is 1.63. The van der Waals surface area contributed by atoms with Crippen molar-refractivity contribution in [2.24, 2.45) is 0 Å². The second kappa shape index (κ2) is 12.3. The average Bonchev–Trinajstić information content (AvgIpc) is 2.86. The van der Waals surface area contributed by atoms with Crippen LogP contribution in [0.5, 0.6) is 11.5 Å². The van der Waals surface area contributed by atoms with Crippen LogP contribution >= 0.6 is 0 Å². The lowest BCUT2D eigenvalue weighted by Gasteiger charge is -2.42. The van der Waals surface area contributed by atoms with Gasteiger partial charge in [-0.05, 0) is 87.0 Å². The number of nitrogens with zero attached hydrogens (tertiary/aromatic N) is 1. The third kappa shape index (κ3) is 6.59. The molecule has 0 radical (unpaired) electrons. The van der Waals surface area contributed by atoms with Gasteiger partial charge in [-0.15, -0.1) is 0 Å². The van der Waals surface area contributed by atoms with E-state index in [4.69, 9.17) is 13.8 Å². The number of piperidine rings is 1. The molecule has 2 aromatic carbocycles. The Kier molecular flexibility index (Phi) is 9.89. The number of halogens is 1. The van der Waals surface area contributed by atoms with E-state index in [9.17, 15) is 14.0 Å². The third-order valence-corrected chi connectivity index (χ3v) is 7.80. The topological polar surface area (TPSA) is 100 Å². The van der Waals surface area contributed by atoms with E-state index in [1.165, 1.54) is 0 Å². The maximum Gasteiger partial charge on any atom is 0.288 e. The first-order valence-electron chi connectivity index (χ1n) is 13.3. The van der Waals surface area contributed by atoms with Crippen molar-refractivity contribution < 1.29 is 38.0 Å². The van der Waals surface area contributed by atoms with E-state index in [1.807, 2.05) is 26.0 Å². The molecule has 2 unspecified atom stereocenters. The highest BCUT2D eigenvalue weighted by Gasteiger charge is 2.56. The lowest BCUT2D eigenvalue weighted by atomic mass is 9.77. The van der Waals surface area contributed by atoms with E-state index in [2.05, 4.69) is 32.6 Å². The highest BCUT2D eigenvalue weighted by Crippen LogP contribution is 2.46. The second-order valence-electron chi connectivity index (χ2n) is 10.4. The van der Waals surface area contributed by atoms with Crippen molar-refractivity contribution in [1.82, 2.24) is 4.90 Å². The van der Waals surface area contributed by atoms with Crippen LogP contribution in [0.3, 0.4) is 0 Å². The summed E-state index contributed by atoms with van der Waals surface area (Å²) in [6.45, 7) is 14.3. The predicted octanol–water partition coefficient (Wildman–Crippen LogP) is 3.37. The standard InChI is InChI=1S/C29H42ClNO6/c1-8-36-28-26(20(2)3)18-24(19-27(28)21(4)5)29(37-30(32,33)34,22(6)31-16-10-9-11-17-31)23-12-14-25(35-7)15-13-23/h12-15,18-22H,8-11,16-17H2,1-7H3. The van der Waals surface area contributed by atoms with E-state index in [1.54, 1.807) is 31.4 Å². The van der Waals surface area contributed by atoms with Crippen LogP contribution in [-0.2, 0) is 9.89 Å². The molecule has 0 bridgehead atoms. The Hall–Kier alpha value is -1.87. The summed E-state index contributed by atoms with van der Waals surface area (Å²) >= 11 is 0. The first kappa shape index (κ1) is 29.7. The normalized spacial score (nSPS) is 17.6. The molecule has 1 heterocycles. The molecule has 0 spiro atoms. The van der Waals surface area contributed by atoms with Crippen molar-refractivity contribution in [2.45, 2.75) is 84.3 Å². The van der Waals surface area contributed by atoms with Gasteiger partial charge in [-0.2, -0.15) is 14.0 Å². The van der Waals surface area contributed by atoms with E-state index < -0.39 is 21.9 Å². The summed E-state index contributed by atoms with van der Waals surface area (Å²) in [5, 5.41) is 0. The van der Waals surface area contributed by atoms with Gasteiger partial charge < -0.3 is 9.47 Å². The SMILES string of the molecule is CCOc1c(C(C)C)cc(C(O[Cl+3]([O-])([O-])[O-])(c2ccc(OC)cc2)C(C)N2CCCCC2)cc1C(C)C. The first-order valence-corrected chi connectivity index (χ1v) is 14.5. The van der Waals surface area contributed by atoms with Gasteiger partial charge in [0, 0.05) is 11.1 Å². The quantitative estimate of drug-likeness (QED) is 0.435. The van der Waals surface area contributed by atoms with Gasteiger partial charge >= 0.3 is 0 Å². The molecule has 0 N–H and O–H groups in total. The van der Waals surface area contributed by atoms with Crippen LogP contribution in [0, 0.1) is 10.2 Å². The molecular formula is C29H42ClNO6. The van der Waals surface area contributed by atoms with Gasteiger partial charge in [-0.1, -0.05) is 46.2 Å². The van der Waals surface area contributed by atoms with Crippen molar-refractivity contribution in [3.8, 4) is 11.5 Å². The summed E-state index contributed by atoms with van der Waals surface area (Å²) in [5.41, 5.74) is 1.53. The van der Waals surface area contributed by atoms with Crippen LogP contribution in [0.15, 0.2) is 36.4 Å². The minimum Gasteiger partial charge on any atom is -0.497 e. The fraction of sp³-hybridized carbons (Fsp3) is 0.586. The molecular weight excluding hydrogens is 494 g/mol. The Bertz CT molecular complexity index is 985. The van der Waals surface area contributed by atoms with Gasteiger partial charge in [0.2, 0.25) is 0 Å². The molecule has 3 rings (SSSR count). The zero-order valence-corrected chi connectivity index (χ0v) is 24.0. The van der Waals surface area contributed by atoms with Crippen LogP contribution in [0.1, 0.15) is 94.9 Å². The molecule has 2 atom stereocenters. The Morgan fingerprint density at radius 3 is 1.84 bits per heavy atom.